The van der Waals surface area contributed by atoms with Crippen molar-refractivity contribution in [2.24, 2.45) is 0 Å². The minimum Gasteiger partial charge on any atom is -0.456 e. The number of fused-ring (bicyclic) bond motifs is 1. The Labute approximate surface area is 129 Å². The van der Waals surface area contributed by atoms with Crippen molar-refractivity contribution in [3.63, 3.8) is 0 Å². The highest BCUT2D eigenvalue weighted by Crippen LogP contribution is 2.18. The maximum absolute atomic E-state index is 12.1. The summed E-state index contributed by atoms with van der Waals surface area (Å²) in [6.07, 6.45) is 5.01. The van der Waals surface area contributed by atoms with Crippen LogP contribution in [0.5, 0.6) is 0 Å². The topological polar surface area (TPSA) is 48.7 Å². The predicted octanol–water partition coefficient (Wildman–Crippen LogP) is 3.74. The van der Waals surface area contributed by atoms with E-state index in [-0.39, 0.29) is 11.7 Å². The third-order valence-corrected chi connectivity index (χ3v) is 3.83. The van der Waals surface area contributed by atoms with E-state index >= 15 is 0 Å². The summed E-state index contributed by atoms with van der Waals surface area (Å²) in [5.41, 5.74) is 1.47. The standard InChI is InChI=1S/C18H20O4/c1-13(9-11-21-18-8-4-5-10-20-18)17-12-15(19)14-6-2-3-7-16(14)22-17/h2-3,6-7,9,12,18H,4-5,8,10-11H2,1H3/b13-9-. The minimum absolute atomic E-state index is 0.0267. The Morgan fingerprint density at radius 2 is 2.23 bits per heavy atom. The Morgan fingerprint density at radius 3 is 3.05 bits per heavy atom. The Morgan fingerprint density at radius 1 is 1.36 bits per heavy atom. The number of hydrogen-bond acceptors (Lipinski definition) is 4. The van der Waals surface area contributed by atoms with Gasteiger partial charge in [0.05, 0.1) is 12.0 Å². The van der Waals surface area contributed by atoms with Crippen LogP contribution in [-0.2, 0) is 9.47 Å². The molecule has 1 atom stereocenters. The zero-order chi connectivity index (χ0) is 15.4. The van der Waals surface area contributed by atoms with E-state index in [1.165, 1.54) is 6.07 Å². The molecule has 0 spiro atoms. The summed E-state index contributed by atoms with van der Waals surface area (Å²) in [4.78, 5) is 12.1. The van der Waals surface area contributed by atoms with Gasteiger partial charge in [-0.05, 0) is 43.9 Å². The fourth-order valence-corrected chi connectivity index (χ4v) is 2.52. The van der Waals surface area contributed by atoms with E-state index < -0.39 is 0 Å². The average molecular weight is 300 g/mol. The number of rotatable bonds is 4. The molecule has 3 rings (SSSR count). The van der Waals surface area contributed by atoms with Crippen molar-refractivity contribution < 1.29 is 13.9 Å². The molecule has 1 unspecified atom stereocenters. The van der Waals surface area contributed by atoms with Crippen LogP contribution in [0.4, 0.5) is 0 Å². The van der Waals surface area contributed by atoms with E-state index in [1.807, 2.05) is 25.1 Å². The van der Waals surface area contributed by atoms with Crippen molar-refractivity contribution in [3.8, 4) is 0 Å². The fraction of sp³-hybridized carbons (Fsp3) is 0.389. The Balaban J connectivity index is 1.72. The van der Waals surface area contributed by atoms with Gasteiger partial charge in [-0.1, -0.05) is 18.2 Å². The van der Waals surface area contributed by atoms with E-state index in [9.17, 15) is 4.79 Å². The molecule has 4 heteroatoms. The molecule has 1 aromatic heterocycles. The van der Waals surface area contributed by atoms with Crippen molar-refractivity contribution >= 4 is 16.5 Å². The van der Waals surface area contributed by atoms with Crippen LogP contribution in [0.25, 0.3) is 16.5 Å². The number of hydrogen-bond donors (Lipinski definition) is 0. The summed E-state index contributed by atoms with van der Waals surface area (Å²) in [6.45, 7) is 3.14. The maximum atomic E-state index is 12.1. The number of para-hydroxylation sites is 1. The lowest BCUT2D eigenvalue weighted by Crippen LogP contribution is -2.22. The first kappa shape index (κ1) is 15.0. The molecule has 0 radical (unpaired) electrons. The second-order valence-corrected chi connectivity index (χ2v) is 5.49. The largest absolute Gasteiger partial charge is 0.456 e. The molecule has 2 aromatic rings. The van der Waals surface area contributed by atoms with Gasteiger partial charge in [0.1, 0.15) is 11.3 Å². The molecule has 2 heterocycles. The molecule has 1 aliphatic heterocycles. The van der Waals surface area contributed by atoms with E-state index in [0.717, 1.165) is 31.4 Å². The number of benzene rings is 1. The smallest absolute Gasteiger partial charge is 0.193 e. The highest BCUT2D eigenvalue weighted by Gasteiger charge is 2.13. The molecule has 0 bridgehead atoms. The van der Waals surface area contributed by atoms with Crippen LogP contribution in [0.3, 0.4) is 0 Å². The zero-order valence-electron chi connectivity index (χ0n) is 12.7. The molecular weight excluding hydrogens is 280 g/mol. The first-order valence-electron chi connectivity index (χ1n) is 7.67. The SMILES string of the molecule is C/C(=C/COC1CCCCO1)c1cc(=O)c2ccccc2o1. The molecule has 0 saturated carbocycles. The van der Waals surface area contributed by atoms with E-state index in [0.29, 0.717) is 23.3 Å². The third-order valence-electron chi connectivity index (χ3n) is 3.83. The summed E-state index contributed by atoms with van der Waals surface area (Å²) < 4.78 is 17.0. The van der Waals surface area contributed by atoms with Crippen LogP contribution >= 0.6 is 0 Å². The van der Waals surface area contributed by atoms with Crippen molar-refractivity contribution in [2.45, 2.75) is 32.5 Å². The molecule has 4 nitrogen and oxygen atoms in total. The fourth-order valence-electron chi connectivity index (χ4n) is 2.52. The van der Waals surface area contributed by atoms with Crippen LogP contribution < -0.4 is 5.43 Å². The summed E-state index contributed by atoms with van der Waals surface area (Å²) in [6, 6.07) is 8.80. The lowest BCUT2D eigenvalue weighted by atomic mass is 10.1. The van der Waals surface area contributed by atoms with Gasteiger partial charge in [-0.2, -0.15) is 0 Å². The first-order chi connectivity index (χ1) is 10.7. The first-order valence-corrected chi connectivity index (χ1v) is 7.67. The Bertz CT molecular complexity index is 723. The van der Waals surface area contributed by atoms with E-state index in [4.69, 9.17) is 13.9 Å². The molecule has 1 saturated heterocycles. The second kappa shape index (κ2) is 6.90. The summed E-state index contributed by atoms with van der Waals surface area (Å²) in [5.74, 6) is 0.580. The summed E-state index contributed by atoms with van der Waals surface area (Å²) >= 11 is 0. The van der Waals surface area contributed by atoms with Crippen LogP contribution in [0.2, 0.25) is 0 Å². The molecule has 1 aliphatic rings. The summed E-state index contributed by atoms with van der Waals surface area (Å²) in [5, 5.41) is 0.603. The predicted molar refractivity (Wildman–Crippen MR) is 85.7 cm³/mol. The molecule has 0 amide bonds. The lowest BCUT2D eigenvalue weighted by molar-refractivity contribution is -0.155. The van der Waals surface area contributed by atoms with Gasteiger partial charge < -0.3 is 13.9 Å². The van der Waals surface area contributed by atoms with Gasteiger partial charge in [-0.15, -0.1) is 0 Å². The van der Waals surface area contributed by atoms with Gasteiger partial charge in [0.2, 0.25) is 0 Å². The van der Waals surface area contributed by atoms with Crippen LogP contribution in [0, 0.1) is 0 Å². The Hall–Kier alpha value is -1.91. The van der Waals surface area contributed by atoms with Gasteiger partial charge in [0.15, 0.2) is 11.7 Å². The van der Waals surface area contributed by atoms with Crippen LogP contribution in [0.1, 0.15) is 31.9 Å². The quantitative estimate of drug-likeness (QED) is 0.863. The van der Waals surface area contributed by atoms with Crippen molar-refractivity contribution in [3.05, 3.63) is 52.4 Å². The van der Waals surface area contributed by atoms with Gasteiger partial charge in [0.25, 0.3) is 0 Å². The van der Waals surface area contributed by atoms with Gasteiger partial charge in [0, 0.05) is 12.7 Å². The molecule has 22 heavy (non-hydrogen) atoms. The van der Waals surface area contributed by atoms with Gasteiger partial charge in [-0.3, -0.25) is 4.79 Å². The minimum atomic E-state index is -0.110. The normalized spacial score (nSPS) is 19.5. The molecule has 0 aliphatic carbocycles. The van der Waals surface area contributed by atoms with E-state index in [1.54, 1.807) is 12.1 Å². The number of ether oxygens (including phenoxy) is 2. The third kappa shape index (κ3) is 3.46. The maximum Gasteiger partial charge on any atom is 0.193 e. The van der Waals surface area contributed by atoms with Crippen molar-refractivity contribution in [2.75, 3.05) is 13.2 Å². The van der Waals surface area contributed by atoms with Crippen LogP contribution in [-0.4, -0.2) is 19.5 Å². The second-order valence-electron chi connectivity index (χ2n) is 5.49. The summed E-state index contributed by atoms with van der Waals surface area (Å²) in [7, 11) is 0. The highest BCUT2D eigenvalue weighted by atomic mass is 16.7. The molecule has 1 aromatic carbocycles. The van der Waals surface area contributed by atoms with Crippen molar-refractivity contribution in [1.82, 2.24) is 0 Å². The Kier molecular flexibility index (Phi) is 4.71. The molecular formula is C18H20O4. The monoisotopic (exact) mass is 300 g/mol. The van der Waals surface area contributed by atoms with E-state index in [2.05, 4.69) is 0 Å². The highest BCUT2D eigenvalue weighted by molar-refractivity contribution is 5.77. The zero-order valence-corrected chi connectivity index (χ0v) is 12.7. The van der Waals surface area contributed by atoms with Crippen LogP contribution in [0.15, 0.2) is 45.6 Å². The number of allylic oxidation sites excluding steroid dienone is 1. The average Bonchev–Trinajstić information content (AvgIpc) is 2.56. The van der Waals surface area contributed by atoms with Crippen molar-refractivity contribution in [1.29, 1.82) is 0 Å². The van der Waals surface area contributed by atoms with Gasteiger partial charge >= 0.3 is 0 Å². The molecule has 116 valence electrons. The lowest BCUT2D eigenvalue weighted by Gasteiger charge is -2.22. The molecule has 1 fully saturated rings. The van der Waals surface area contributed by atoms with Gasteiger partial charge in [-0.25, -0.2) is 0 Å². The molecule has 0 N–H and O–H groups in total.